The molecule has 2 N–H and O–H groups in total. The summed E-state index contributed by atoms with van der Waals surface area (Å²) in [6, 6.07) is 4.84. The average Bonchev–Trinajstić information content (AvgIpc) is 2.71. The van der Waals surface area contributed by atoms with Crippen LogP contribution in [-0.4, -0.2) is 32.4 Å². The number of sulfonamides is 1. The third-order valence-electron chi connectivity index (χ3n) is 3.68. The van der Waals surface area contributed by atoms with Gasteiger partial charge in [-0.2, -0.15) is 0 Å². The third kappa shape index (κ3) is 3.65. The Labute approximate surface area is 129 Å². The van der Waals surface area contributed by atoms with Crippen molar-refractivity contribution in [3.05, 3.63) is 33.8 Å². The first kappa shape index (κ1) is 16.0. The number of nitrogens with two attached hydrogens (primary N) is 1. The quantitative estimate of drug-likeness (QED) is 0.918. The van der Waals surface area contributed by atoms with Crippen molar-refractivity contribution in [1.82, 2.24) is 4.31 Å². The zero-order chi connectivity index (χ0) is 15.0. The van der Waals surface area contributed by atoms with E-state index in [-0.39, 0.29) is 11.2 Å². The normalized spacial score (nSPS) is 24.2. The molecule has 1 fully saturated rings. The second-order valence-electron chi connectivity index (χ2n) is 5.63. The van der Waals surface area contributed by atoms with Crippen molar-refractivity contribution in [3.63, 3.8) is 0 Å². The van der Waals surface area contributed by atoms with Crippen LogP contribution >= 0.6 is 23.2 Å². The van der Waals surface area contributed by atoms with Gasteiger partial charge in [0.25, 0.3) is 0 Å². The Bertz CT molecular complexity index is 586. The van der Waals surface area contributed by atoms with E-state index >= 15 is 0 Å². The Balaban J connectivity index is 2.16. The van der Waals surface area contributed by atoms with Crippen molar-refractivity contribution in [2.75, 3.05) is 19.6 Å². The van der Waals surface area contributed by atoms with Gasteiger partial charge in [-0.15, -0.1) is 0 Å². The molecule has 0 saturated carbocycles. The van der Waals surface area contributed by atoms with E-state index in [1.54, 1.807) is 18.2 Å². The highest BCUT2D eigenvalue weighted by Gasteiger charge is 2.38. The van der Waals surface area contributed by atoms with Gasteiger partial charge in [0.2, 0.25) is 10.0 Å². The molecule has 0 aromatic heterocycles. The second-order valence-corrected chi connectivity index (χ2v) is 8.47. The predicted molar refractivity (Wildman–Crippen MR) is 82.4 cm³/mol. The van der Waals surface area contributed by atoms with E-state index in [0.717, 1.165) is 6.42 Å². The largest absolute Gasteiger partial charge is 0.330 e. The SMILES string of the molecule is CC1(CN)CCN(S(=O)(=O)Cc2cc(Cl)cc(Cl)c2)C1. The van der Waals surface area contributed by atoms with Crippen LogP contribution in [0.25, 0.3) is 0 Å². The molecule has 1 aromatic rings. The molecule has 112 valence electrons. The van der Waals surface area contributed by atoms with Crippen molar-refractivity contribution >= 4 is 33.2 Å². The van der Waals surface area contributed by atoms with E-state index in [1.165, 1.54) is 4.31 Å². The lowest BCUT2D eigenvalue weighted by atomic mass is 9.90. The van der Waals surface area contributed by atoms with Crippen LogP contribution in [0.4, 0.5) is 0 Å². The van der Waals surface area contributed by atoms with Gasteiger partial charge in [0.1, 0.15) is 0 Å². The molecular weight excluding hydrogens is 319 g/mol. The number of nitrogens with zero attached hydrogens (tertiary/aromatic N) is 1. The second kappa shape index (κ2) is 5.81. The summed E-state index contributed by atoms with van der Waals surface area (Å²) in [5.74, 6) is -0.0894. The molecule has 1 saturated heterocycles. The first-order valence-electron chi connectivity index (χ1n) is 6.37. The minimum Gasteiger partial charge on any atom is -0.330 e. The maximum absolute atomic E-state index is 12.4. The van der Waals surface area contributed by atoms with Gasteiger partial charge in [-0.3, -0.25) is 0 Å². The van der Waals surface area contributed by atoms with Gasteiger partial charge in [-0.25, -0.2) is 12.7 Å². The average molecular weight is 337 g/mol. The monoisotopic (exact) mass is 336 g/mol. The molecular formula is C13H18Cl2N2O2S. The van der Waals surface area contributed by atoms with Crippen LogP contribution in [0.3, 0.4) is 0 Å². The highest BCUT2D eigenvalue weighted by molar-refractivity contribution is 7.88. The molecule has 0 spiro atoms. The Morgan fingerprint density at radius 3 is 2.40 bits per heavy atom. The lowest BCUT2D eigenvalue weighted by Gasteiger charge is -2.22. The zero-order valence-corrected chi connectivity index (χ0v) is 13.6. The number of halogens is 2. The lowest BCUT2D eigenvalue weighted by molar-refractivity contribution is 0.349. The Morgan fingerprint density at radius 1 is 1.30 bits per heavy atom. The van der Waals surface area contributed by atoms with Gasteiger partial charge in [0, 0.05) is 23.1 Å². The van der Waals surface area contributed by atoms with Crippen LogP contribution in [0.5, 0.6) is 0 Å². The molecule has 0 bridgehead atoms. The van der Waals surface area contributed by atoms with Crippen molar-refractivity contribution in [1.29, 1.82) is 0 Å². The molecule has 1 aromatic carbocycles. The summed E-state index contributed by atoms with van der Waals surface area (Å²) in [4.78, 5) is 0. The molecule has 0 aliphatic carbocycles. The maximum atomic E-state index is 12.4. The van der Waals surface area contributed by atoms with E-state index in [2.05, 4.69) is 0 Å². The summed E-state index contributed by atoms with van der Waals surface area (Å²) < 4.78 is 26.4. The smallest absolute Gasteiger partial charge is 0.218 e. The highest BCUT2D eigenvalue weighted by Crippen LogP contribution is 2.31. The summed E-state index contributed by atoms with van der Waals surface area (Å²) in [5, 5.41) is 0.881. The van der Waals surface area contributed by atoms with Crippen molar-refractivity contribution < 1.29 is 8.42 Å². The predicted octanol–water partition coefficient (Wildman–Crippen LogP) is 2.49. The first-order chi connectivity index (χ1) is 9.24. The van der Waals surface area contributed by atoms with Crippen LogP contribution in [0.15, 0.2) is 18.2 Å². The van der Waals surface area contributed by atoms with E-state index in [0.29, 0.717) is 35.2 Å². The van der Waals surface area contributed by atoms with Gasteiger partial charge in [0.15, 0.2) is 0 Å². The molecule has 1 atom stereocenters. The summed E-state index contributed by atoms with van der Waals surface area (Å²) in [6.45, 7) is 3.49. The lowest BCUT2D eigenvalue weighted by Crippen LogP contribution is -2.35. The number of hydrogen-bond acceptors (Lipinski definition) is 3. The topological polar surface area (TPSA) is 63.4 Å². The van der Waals surface area contributed by atoms with Crippen LogP contribution in [0, 0.1) is 5.41 Å². The fraction of sp³-hybridized carbons (Fsp3) is 0.538. The molecule has 1 aliphatic rings. The molecule has 1 heterocycles. The van der Waals surface area contributed by atoms with Gasteiger partial charge in [0.05, 0.1) is 5.75 Å². The van der Waals surface area contributed by atoms with Crippen molar-refractivity contribution in [2.45, 2.75) is 19.1 Å². The van der Waals surface area contributed by atoms with Crippen LogP contribution < -0.4 is 5.73 Å². The van der Waals surface area contributed by atoms with Crippen LogP contribution in [-0.2, 0) is 15.8 Å². The summed E-state index contributed by atoms with van der Waals surface area (Å²) in [6.07, 6.45) is 0.791. The van der Waals surface area contributed by atoms with Gasteiger partial charge in [-0.1, -0.05) is 30.1 Å². The van der Waals surface area contributed by atoms with Gasteiger partial charge >= 0.3 is 0 Å². The van der Waals surface area contributed by atoms with Gasteiger partial charge in [-0.05, 0) is 42.1 Å². The van der Waals surface area contributed by atoms with Crippen molar-refractivity contribution in [2.24, 2.45) is 11.1 Å². The molecule has 1 aliphatic heterocycles. The third-order valence-corrected chi connectivity index (χ3v) is 5.91. The van der Waals surface area contributed by atoms with E-state index in [1.807, 2.05) is 6.92 Å². The maximum Gasteiger partial charge on any atom is 0.218 e. The highest BCUT2D eigenvalue weighted by atomic mass is 35.5. The minimum absolute atomic E-state index is 0.0894. The number of benzene rings is 1. The number of hydrogen-bond donors (Lipinski definition) is 1. The van der Waals surface area contributed by atoms with Crippen molar-refractivity contribution in [3.8, 4) is 0 Å². The summed E-state index contributed by atoms with van der Waals surface area (Å²) in [7, 11) is -3.37. The molecule has 0 amide bonds. The molecule has 0 radical (unpaired) electrons. The standard InChI is InChI=1S/C13H18Cl2N2O2S/c1-13(8-16)2-3-17(9-13)20(18,19)7-10-4-11(14)6-12(15)5-10/h4-6H,2-3,7-9,16H2,1H3. The molecule has 20 heavy (non-hydrogen) atoms. The first-order valence-corrected chi connectivity index (χ1v) is 8.73. The number of rotatable bonds is 4. The minimum atomic E-state index is -3.37. The fourth-order valence-corrected chi connectivity index (χ4v) is 4.60. The molecule has 2 rings (SSSR count). The summed E-state index contributed by atoms with van der Waals surface area (Å²) in [5.41, 5.74) is 6.18. The fourth-order valence-electron chi connectivity index (χ4n) is 2.38. The zero-order valence-electron chi connectivity index (χ0n) is 11.3. The van der Waals surface area contributed by atoms with E-state index in [4.69, 9.17) is 28.9 Å². The Morgan fingerprint density at radius 2 is 1.90 bits per heavy atom. The molecule has 1 unspecified atom stereocenters. The van der Waals surface area contributed by atoms with Crippen LogP contribution in [0.2, 0.25) is 10.0 Å². The summed E-state index contributed by atoms with van der Waals surface area (Å²) >= 11 is 11.8. The Hall–Kier alpha value is -0.330. The van der Waals surface area contributed by atoms with Gasteiger partial charge < -0.3 is 5.73 Å². The molecule has 4 nitrogen and oxygen atoms in total. The Kier molecular flexibility index (Phi) is 4.66. The van der Waals surface area contributed by atoms with Crippen LogP contribution in [0.1, 0.15) is 18.9 Å². The molecule has 7 heteroatoms. The van der Waals surface area contributed by atoms with E-state index in [9.17, 15) is 8.42 Å². The van der Waals surface area contributed by atoms with E-state index < -0.39 is 10.0 Å².